The van der Waals surface area contributed by atoms with Gasteiger partial charge in [-0.25, -0.2) is 0 Å². The van der Waals surface area contributed by atoms with Crippen molar-refractivity contribution in [1.82, 2.24) is 4.90 Å². The molecule has 2 heterocycles. The van der Waals surface area contributed by atoms with Gasteiger partial charge in [-0.15, -0.1) is 0 Å². The van der Waals surface area contributed by atoms with Crippen LogP contribution >= 0.6 is 0 Å². The van der Waals surface area contributed by atoms with Crippen LogP contribution in [-0.2, 0) is 9.47 Å². The van der Waals surface area contributed by atoms with Crippen LogP contribution in [0.1, 0.15) is 36.2 Å². The maximum absolute atomic E-state index is 11.4. The van der Waals surface area contributed by atoms with Crippen molar-refractivity contribution < 1.29 is 14.3 Å². The van der Waals surface area contributed by atoms with Crippen molar-refractivity contribution in [3.05, 3.63) is 75.7 Å². The Hall–Kier alpha value is -3.30. The molecule has 2 N–H and O–H groups in total. The summed E-state index contributed by atoms with van der Waals surface area (Å²) >= 11 is 0. The highest BCUT2D eigenvalue weighted by Crippen LogP contribution is 2.48. The lowest BCUT2D eigenvalue weighted by atomic mass is 9.85. The van der Waals surface area contributed by atoms with Crippen LogP contribution < -0.4 is 5.73 Å². The van der Waals surface area contributed by atoms with E-state index in [9.17, 15) is 10.1 Å². The Morgan fingerprint density at radius 1 is 1.23 bits per heavy atom. The van der Waals surface area contributed by atoms with Crippen LogP contribution in [0.4, 0.5) is 0 Å². The summed E-state index contributed by atoms with van der Waals surface area (Å²) in [5.74, 6) is 0.295. The van der Waals surface area contributed by atoms with Crippen molar-refractivity contribution in [2.45, 2.75) is 38.5 Å². The molecule has 0 bridgehead atoms. The number of nitrogens with two attached hydrogens (primary N) is 1. The third kappa shape index (κ3) is 2.94. The van der Waals surface area contributed by atoms with Crippen molar-refractivity contribution in [1.29, 1.82) is 5.26 Å². The number of fused-ring (bicyclic) bond motifs is 2. The highest BCUT2D eigenvalue weighted by atomic mass is 16.5. The van der Waals surface area contributed by atoms with Crippen LogP contribution in [0.15, 0.2) is 64.6 Å². The van der Waals surface area contributed by atoms with Gasteiger partial charge in [-0.3, -0.25) is 4.79 Å². The summed E-state index contributed by atoms with van der Waals surface area (Å²) in [4.78, 5) is 13.7. The number of ether oxygens (including phenoxy) is 2. The molecule has 3 aliphatic rings. The average Bonchev–Trinajstić information content (AvgIpc) is 3.05. The number of carbonyl (C=O) groups excluding carboxylic acids is 1. The van der Waals surface area contributed by atoms with Crippen LogP contribution in [0.5, 0.6) is 0 Å². The maximum Gasteiger partial charge on any atom is 0.248 e. The summed E-state index contributed by atoms with van der Waals surface area (Å²) in [7, 11) is 3.33. The molecule has 6 nitrogen and oxygen atoms in total. The van der Waals surface area contributed by atoms with Gasteiger partial charge in [-0.05, 0) is 43.2 Å². The van der Waals surface area contributed by atoms with E-state index < -0.39 is 5.91 Å². The predicted molar refractivity (Wildman–Crippen MR) is 114 cm³/mol. The van der Waals surface area contributed by atoms with Crippen LogP contribution in [0.3, 0.4) is 0 Å². The lowest BCUT2D eigenvalue weighted by Gasteiger charge is -2.39. The Labute approximate surface area is 176 Å². The van der Waals surface area contributed by atoms with Gasteiger partial charge in [0.1, 0.15) is 17.9 Å². The number of benzene rings is 1. The predicted octanol–water partition coefficient (Wildman–Crippen LogP) is 3.30. The van der Waals surface area contributed by atoms with E-state index in [4.69, 9.17) is 15.2 Å². The van der Waals surface area contributed by atoms with Gasteiger partial charge < -0.3 is 20.1 Å². The van der Waals surface area contributed by atoms with Crippen LogP contribution in [0.25, 0.3) is 5.57 Å². The van der Waals surface area contributed by atoms with Crippen molar-refractivity contribution >= 4 is 11.5 Å². The van der Waals surface area contributed by atoms with E-state index in [1.807, 2.05) is 18.2 Å². The molecule has 0 aromatic heterocycles. The van der Waals surface area contributed by atoms with E-state index in [1.165, 1.54) is 5.57 Å². The molecule has 30 heavy (non-hydrogen) atoms. The molecule has 2 aliphatic heterocycles. The largest absolute Gasteiger partial charge is 0.498 e. The topological polar surface area (TPSA) is 88.6 Å². The zero-order chi connectivity index (χ0) is 21.6. The molecule has 0 saturated heterocycles. The molecular weight excluding hydrogens is 378 g/mol. The standard InChI is InChI=1S/C24H25N3O3/c1-13-9-17-10-20(29-3)21(30-4)11-18(17)23-19(12-25)22(14(2)27(13)23)15-5-7-16(8-6-15)24(26)28/h5-9,11,13-14,20H,10H2,1-4H3,(H2,26,28). The van der Waals surface area contributed by atoms with E-state index in [1.54, 1.807) is 26.4 Å². The molecule has 4 rings (SSSR count). The van der Waals surface area contributed by atoms with Crippen LogP contribution in [-0.4, -0.2) is 43.2 Å². The molecule has 1 aliphatic carbocycles. The zero-order valence-corrected chi connectivity index (χ0v) is 17.6. The number of rotatable bonds is 4. The number of methoxy groups -OCH3 is 2. The van der Waals surface area contributed by atoms with Crippen LogP contribution in [0, 0.1) is 11.3 Å². The SMILES string of the molecule is COC1=CC2=C3C(C#N)=C(c4ccc(C(N)=O)cc4)C(C)N3C(C)C=C2CC1OC. The average molecular weight is 403 g/mol. The third-order valence-electron chi connectivity index (χ3n) is 6.20. The Morgan fingerprint density at radius 2 is 1.93 bits per heavy atom. The quantitative estimate of drug-likeness (QED) is 0.833. The normalized spacial score (nSPS) is 25.3. The first-order valence-electron chi connectivity index (χ1n) is 9.98. The summed E-state index contributed by atoms with van der Waals surface area (Å²) in [6, 6.07) is 9.74. The number of allylic oxidation sites excluding steroid dienone is 3. The van der Waals surface area contributed by atoms with E-state index in [0.717, 1.165) is 28.2 Å². The molecule has 0 saturated carbocycles. The maximum atomic E-state index is 11.4. The highest BCUT2D eigenvalue weighted by molar-refractivity contribution is 5.93. The van der Waals surface area contributed by atoms with E-state index in [0.29, 0.717) is 17.6 Å². The summed E-state index contributed by atoms with van der Waals surface area (Å²) in [6.07, 6.45) is 4.83. The summed E-state index contributed by atoms with van der Waals surface area (Å²) in [5.41, 5.74) is 11.5. The van der Waals surface area contributed by atoms with Gasteiger partial charge in [0.15, 0.2) is 0 Å². The molecule has 1 aromatic carbocycles. The Bertz CT molecular complexity index is 1070. The van der Waals surface area contributed by atoms with Crippen molar-refractivity contribution in [2.75, 3.05) is 14.2 Å². The van der Waals surface area contributed by atoms with Gasteiger partial charge in [-0.1, -0.05) is 18.2 Å². The summed E-state index contributed by atoms with van der Waals surface area (Å²) < 4.78 is 11.2. The second-order valence-corrected chi connectivity index (χ2v) is 7.80. The van der Waals surface area contributed by atoms with Gasteiger partial charge in [-0.2, -0.15) is 5.26 Å². The van der Waals surface area contributed by atoms with E-state index >= 15 is 0 Å². The lowest BCUT2D eigenvalue weighted by Crippen LogP contribution is -2.39. The number of carbonyl (C=O) groups is 1. The molecule has 3 atom stereocenters. The highest BCUT2D eigenvalue weighted by Gasteiger charge is 2.42. The number of nitriles is 1. The first-order valence-corrected chi connectivity index (χ1v) is 9.98. The molecule has 0 spiro atoms. The fourth-order valence-corrected chi connectivity index (χ4v) is 4.82. The van der Waals surface area contributed by atoms with Gasteiger partial charge in [0.2, 0.25) is 5.91 Å². The molecule has 154 valence electrons. The Morgan fingerprint density at radius 3 is 2.50 bits per heavy atom. The third-order valence-corrected chi connectivity index (χ3v) is 6.20. The van der Waals surface area contributed by atoms with E-state index in [2.05, 4.69) is 30.9 Å². The second kappa shape index (κ2) is 7.51. The molecular formula is C24H25N3O3. The molecule has 3 unspecified atom stereocenters. The molecule has 0 radical (unpaired) electrons. The van der Waals surface area contributed by atoms with Gasteiger partial charge >= 0.3 is 0 Å². The number of hydrogen-bond acceptors (Lipinski definition) is 5. The smallest absolute Gasteiger partial charge is 0.248 e. The Kier molecular flexibility index (Phi) is 5.00. The van der Waals surface area contributed by atoms with E-state index in [-0.39, 0.29) is 18.2 Å². The number of amides is 1. The molecule has 1 amide bonds. The first kappa shape index (κ1) is 20.0. The monoisotopic (exact) mass is 403 g/mol. The molecule has 6 heteroatoms. The number of hydrogen-bond donors (Lipinski definition) is 1. The molecule has 1 aromatic rings. The number of nitrogens with zero attached hydrogens (tertiary/aromatic N) is 2. The van der Waals surface area contributed by atoms with Gasteiger partial charge in [0.05, 0.1) is 24.4 Å². The van der Waals surface area contributed by atoms with Crippen molar-refractivity contribution in [3.8, 4) is 6.07 Å². The first-order chi connectivity index (χ1) is 14.4. The lowest BCUT2D eigenvalue weighted by molar-refractivity contribution is 0.0762. The van der Waals surface area contributed by atoms with Crippen molar-refractivity contribution in [2.24, 2.45) is 5.73 Å². The second-order valence-electron chi connectivity index (χ2n) is 7.80. The van der Waals surface area contributed by atoms with Crippen molar-refractivity contribution in [3.63, 3.8) is 0 Å². The van der Waals surface area contributed by atoms with Gasteiger partial charge in [0.25, 0.3) is 0 Å². The summed E-state index contributed by atoms with van der Waals surface area (Å²) in [5, 5.41) is 10.2. The minimum Gasteiger partial charge on any atom is -0.498 e. The summed E-state index contributed by atoms with van der Waals surface area (Å²) in [6.45, 7) is 4.26. The minimum absolute atomic E-state index is 0.00826. The Balaban J connectivity index is 1.92. The minimum atomic E-state index is -0.465. The number of primary amides is 1. The molecule has 0 fully saturated rings. The van der Waals surface area contributed by atoms with Gasteiger partial charge in [0, 0.05) is 36.3 Å². The zero-order valence-electron chi connectivity index (χ0n) is 17.6. The fraction of sp³-hybridized carbons (Fsp3) is 0.333. The van der Waals surface area contributed by atoms with Crippen LogP contribution in [0.2, 0.25) is 0 Å². The fourth-order valence-electron chi connectivity index (χ4n) is 4.82.